The van der Waals surface area contributed by atoms with E-state index >= 15 is 0 Å². The first kappa shape index (κ1) is 15.7. The predicted molar refractivity (Wildman–Crippen MR) is 90.2 cm³/mol. The Kier molecular flexibility index (Phi) is 5.52. The Hall–Kier alpha value is -1.66. The number of thioether (sulfide) groups is 2. The first-order valence-electron chi connectivity index (χ1n) is 6.16. The molecule has 0 spiro atoms. The summed E-state index contributed by atoms with van der Waals surface area (Å²) >= 11 is 2.64. The van der Waals surface area contributed by atoms with E-state index in [1.165, 1.54) is 11.8 Å². The minimum absolute atomic E-state index is 0.0635. The van der Waals surface area contributed by atoms with E-state index in [0.29, 0.717) is 17.2 Å². The van der Waals surface area contributed by atoms with E-state index in [-0.39, 0.29) is 5.12 Å². The van der Waals surface area contributed by atoms with E-state index in [4.69, 9.17) is 9.47 Å². The van der Waals surface area contributed by atoms with Gasteiger partial charge in [-0.1, -0.05) is 17.8 Å². The fraction of sp³-hybridized carbons (Fsp3) is 0.200. The van der Waals surface area contributed by atoms with Crippen molar-refractivity contribution in [2.75, 3.05) is 20.0 Å². The van der Waals surface area contributed by atoms with Crippen molar-refractivity contribution in [3.8, 4) is 11.5 Å². The lowest BCUT2D eigenvalue weighted by Crippen LogP contribution is -1.92. The maximum Gasteiger partial charge on any atom is 0.244 e. The normalized spacial score (nSPS) is 16.0. The number of carbonyl (C=O) groups is 1. The van der Waals surface area contributed by atoms with Crippen LogP contribution in [0.5, 0.6) is 11.5 Å². The molecule has 110 valence electrons. The molecule has 0 saturated heterocycles. The number of rotatable bonds is 5. The van der Waals surface area contributed by atoms with Crippen LogP contribution >= 0.6 is 23.5 Å². The molecule has 0 saturated carbocycles. The van der Waals surface area contributed by atoms with Crippen LogP contribution in [-0.2, 0) is 4.79 Å². The topological polar surface area (TPSA) is 47.9 Å². The SMILES string of the molecule is C=CCSC1=NC(=Cc2cc(OC)ccc2OC)C(=O)S1. The summed E-state index contributed by atoms with van der Waals surface area (Å²) in [5.74, 6) is 2.10. The van der Waals surface area contributed by atoms with E-state index in [1.807, 2.05) is 6.07 Å². The van der Waals surface area contributed by atoms with Gasteiger partial charge in [-0.15, -0.1) is 6.58 Å². The van der Waals surface area contributed by atoms with E-state index < -0.39 is 0 Å². The van der Waals surface area contributed by atoms with Gasteiger partial charge in [0, 0.05) is 11.3 Å². The van der Waals surface area contributed by atoms with Gasteiger partial charge in [-0.2, -0.15) is 0 Å². The van der Waals surface area contributed by atoms with Crippen molar-refractivity contribution >= 4 is 39.1 Å². The number of nitrogens with zero attached hydrogens (tertiary/aromatic N) is 1. The number of hydrogen-bond donors (Lipinski definition) is 0. The summed E-state index contributed by atoms with van der Waals surface area (Å²) in [6.07, 6.45) is 3.50. The Balaban J connectivity index is 2.32. The van der Waals surface area contributed by atoms with Gasteiger partial charge in [-0.3, -0.25) is 4.79 Å². The Bertz CT molecular complexity index is 623. The molecule has 0 N–H and O–H groups in total. The zero-order chi connectivity index (χ0) is 15.2. The van der Waals surface area contributed by atoms with Crippen molar-refractivity contribution < 1.29 is 14.3 Å². The Morgan fingerprint density at radius 3 is 2.86 bits per heavy atom. The molecule has 0 aliphatic carbocycles. The number of methoxy groups -OCH3 is 2. The third-order valence-electron chi connectivity index (χ3n) is 2.65. The van der Waals surface area contributed by atoms with Crippen LogP contribution in [0.25, 0.3) is 6.08 Å². The molecule has 6 heteroatoms. The molecule has 21 heavy (non-hydrogen) atoms. The number of aliphatic imine (C=N–C) groups is 1. The summed E-state index contributed by atoms with van der Waals surface area (Å²) in [4.78, 5) is 16.3. The van der Waals surface area contributed by atoms with E-state index in [2.05, 4.69) is 11.6 Å². The Labute approximate surface area is 132 Å². The highest BCUT2D eigenvalue weighted by molar-refractivity contribution is 8.45. The third-order valence-corrected chi connectivity index (χ3v) is 4.66. The second kappa shape index (κ2) is 7.38. The maximum atomic E-state index is 12.0. The fourth-order valence-corrected chi connectivity index (χ4v) is 3.28. The lowest BCUT2D eigenvalue weighted by atomic mass is 10.1. The first-order chi connectivity index (χ1) is 10.2. The summed E-state index contributed by atoms with van der Waals surface area (Å²) < 4.78 is 11.2. The molecular weight excluding hydrogens is 306 g/mol. The molecule has 1 aliphatic heterocycles. The van der Waals surface area contributed by atoms with Gasteiger partial charge >= 0.3 is 0 Å². The lowest BCUT2D eigenvalue weighted by molar-refractivity contribution is -0.107. The third kappa shape index (κ3) is 3.92. The molecule has 1 aromatic rings. The largest absolute Gasteiger partial charge is 0.497 e. The number of hydrogen-bond acceptors (Lipinski definition) is 6. The predicted octanol–water partition coefficient (Wildman–Crippen LogP) is 3.59. The summed E-state index contributed by atoms with van der Waals surface area (Å²) in [6, 6.07) is 5.42. The van der Waals surface area contributed by atoms with E-state index in [0.717, 1.165) is 27.5 Å². The zero-order valence-corrected chi connectivity index (χ0v) is 13.4. The minimum atomic E-state index is -0.0635. The molecule has 4 nitrogen and oxygen atoms in total. The second-order valence-electron chi connectivity index (χ2n) is 4.00. The first-order valence-corrected chi connectivity index (χ1v) is 7.96. The van der Waals surface area contributed by atoms with Gasteiger partial charge in [0.25, 0.3) is 0 Å². The highest BCUT2D eigenvalue weighted by Crippen LogP contribution is 2.33. The van der Waals surface area contributed by atoms with Crippen LogP contribution in [0.4, 0.5) is 0 Å². The van der Waals surface area contributed by atoms with Gasteiger partial charge < -0.3 is 9.47 Å². The molecule has 0 bridgehead atoms. The second-order valence-corrected chi connectivity index (χ2v) is 6.23. The number of ether oxygens (including phenoxy) is 2. The molecule has 0 atom stereocenters. The fourth-order valence-electron chi connectivity index (χ4n) is 1.68. The van der Waals surface area contributed by atoms with Crippen LogP contribution < -0.4 is 9.47 Å². The van der Waals surface area contributed by atoms with Gasteiger partial charge in [0.2, 0.25) is 5.12 Å². The van der Waals surface area contributed by atoms with Crippen molar-refractivity contribution in [1.82, 2.24) is 0 Å². The highest BCUT2D eigenvalue weighted by Gasteiger charge is 2.22. The van der Waals surface area contributed by atoms with Gasteiger partial charge in [-0.05, 0) is 36.0 Å². The molecule has 0 aromatic heterocycles. The van der Waals surface area contributed by atoms with Crippen molar-refractivity contribution in [2.24, 2.45) is 4.99 Å². The molecule has 0 amide bonds. The van der Waals surface area contributed by atoms with Crippen LogP contribution in [0.3, 0.4) is 0 Å². The smallest absolute Gasteiger partial charge is 0.244 e. The molecule has 1 heterocycles. The monoisotopic (exact) mass is 321 g/mol. The molecule has 0 fully saturated rings. The Morgan fingerprint density at radius 1 is 1.38 bits per heavy atom. The number of carbonyl (C=O) groups excluding carboxylic acids is 1. The summed E-state index contributed by atoms with van der Waals surface area (Å²) in [6.45, 7) is 3.65. The zero-order valence-electron chi connectivity index (χ0n) is 11.8. The summed E-state index contributed by atoms with van der Waals surface area (Å²) in [5.41, 5.74) is 1.18. The van der Waals surface area contributed by atoms with Crippen LogP contribution in [0, 0.1) is 0 Å². The molecule has 1 aromatic carbocycles. The van der Waals surface area contributed by atoms with Crippen molar-refractivity contribution in [3.63, 3.8) is 0 Å². The summed E-state index contributed by atoms with van der Waals surface area (Å²) in [5, 5.41) is -0.0635. The quantitative estimate of drug-likeness (QED) is 0.612. The van der Waals surface area contributed by atoms with Crippen LogP contribution in [0.2, 0.25) is 0 Å². The van der Waals surface area contributed by atoms with E-state index in [9.17, 15) is 4.79 Å². The minimum Gasteiger partial charge on any atom is -0.497 e. The lowest BCUT2D eigenvalue weighted by Gasteiger charge is -2.07. The average molecular weight is 321 g/mol. The van der Waals surface area contributed by atoms with Crippen molar-refractivity contribution in [2.45, 2.75) is 0 Å². The average Bonchev–Trinajstić information content (AvgIpc) is 2.85. The number of benzene rings is 1. The standard InChI is InChI=1S/C15H15NO3S2/c1-4-7-20-15-16-12(14(17)21-15)9-10-8-11(18-2)5-6-13(10)19-3/h4-6,8-9H,1,7H2,2-3H3. The highest BCUT2D eigenvalue weighted by atomic mass is 32.2. The van der Waals surface area contributed by atoms with Gasteiger partial charge in [0.1, 0.15) is 21.6 Å². The Morgan fingerprint density at radius 2 is 2.19 bits per heavy atom. The molecule has 1 aliphatic rings. The van der Waals surface area contributed by atoms with Crippen LogP contribution in [0.1, 0.15) is 5.56 Å². The summed E-state index contributed by atoms with van der Waals surface area (Å²) in [7, 11) is 3.18. The molecule has 2 rings (SSSR count). The molecule has 0 unspecified atom stereocenters. The van der Waals surface area contributed by atoms with Gasteiger partial charge in [-0.25, -0.2) is 4.99 Å². The maximum absolute atomic E-state index is 12.0. The molecule has 0 radical (unpaired) electrons. The van der Waals surface area contributed by atoms with Crippen molar-refractivity contribution in [1.29, 1.82) is 0 Å². The van der Waals surface area contributed by atoms with Crippen LogP contribution in [-0.4, -0.2) is 29.5 Å². The van der Waals surface area contributed by atoms with Crippen molar-refractivity contribution in [3.05, 3.63) is 42.1 Å². The molecular formula is C15H15NO3S2. The van der Waals surface area contributed by atoms with E-state index in [1.54, 1.807) is 38.5 Å². The van der Waals surface area contributed by atoms with Crippen LogP contribution in [0.15, 0.2) is 41.5 Å². The van der Waals surface area contributed by atoms with Gasteiger partial charge in [0.05, 0.1) is 14.2 Å². The van der Waals surface area contributed by atoms with Gasteiger partial charge in [0.15, 0.2) is 0 Å².